The molecule has 0 saturated heterocycles. The summed E-state index contributed by atoms with van der Waals surface area (Å²) in [5, 5.41) is 8.73. The molecule has 0 aliphatic rings. The van der Waals surface area contributed by atoms with Crippen molar-refractivity contribution in [3.63, 3.8) is 0 Å². The van der Waals surface area contributed by atoms with Gasteiger partial charge in [-0.05, 0) is 27.3 Å². The van der Waals surface area contributed by atoms with Gasteiger partial charge in [0.25, 0.3) is 0 Å². The van der Waals surface area contributed by atoms with Gasteiger partial charge in [-0.1, -0.05) is 6.92 Å². The number of hydrogen-bond acceptors (Lipinski definition) is 3. The van der Waals surface area contributed by atoms with E-state index in [1.165, 1.54) is 0 Å². The fourth-order valence-electron chi connectivity index (χ4n) is 1.65. The summed E-state index contributed by atoms with van der Waals surface area (Å²) >= 11 is 0. The third-order valence-electron chi connectivity index (χ3n) is 2.72. The standard InChI is InChI=1S/C11H22N2O3/c1-5-12(6-2)11(16)9(4)13(7-3)8-10(14)15/h9H,5-8H2,1-4H3,(H,14,15). The Bertz CT molecular complexity index is 239. The fraction of sp³-hybridized carbons (Fsp3) is 0.818. The van der Waals surface area contributed by atoms with Crippen LogP contribution in [0.3, 0.4) is 0 Å². The summed E-state index contributed by atoms with van der Waals surface area (Å²) in [5.41, 5.74) is 0. The van der Waals surface area contributed by atoms with Gasteiger partial charge in [0.1, 0.15) is 0 Å². The Morgan fingerprint density at radius 2 is 1.62 bits per heavy atom. The summed E-state index contributed by atoms with van der Waals surface area (Å²) in [6.07, 6.45) is 0. The summed E-state index contributed by atoms with van der Waals surface area (Å²) < 4.78 is 0. The van der Waals surface area contributed by atoms with Crippen LogP contribution >= 0.6 is 0 Å². The predicted molar refractivity (Wildman–Crippen MR) is 62.3 cm³/mol. The molecule has 0 heterocycles. The molecule has 0 spiro atoms. The summed E-state index contributed by atoms with van der Waals surface area (Å²) in [4.78, 5) is 26.0. The fourth-order valence-corrected chi connectivity index (χ4v) is 1.65. The molecule has 0 radical (unpaired) electrons. The summed E-state index contributed by atoms with van der Waals surface area (Å²) in [6, 6.07) is -0.374. The lowest BCUT2D eigenvalue weighted by atomic mass is 10.2. The predicted octanol–water partition coefficient (Wildman–Crippen LogP) is 0.650. The number of nitrogens with zero attached hydrogens (tertiary/aromatic N) is 2. The molecule has 0 saturated carbocycles. The van der Waals surface area contributed by atoms with Crippen molar-refractivity contribution in [2.24, 2.45) is 0 Å². The SMILES string of the molecule is CCN(CC)C(=O)C(C)N(CC)CC(=O)O. The summed E-state index contributed by atoms with van der Waals surface area (Å²) in [7, 11) is 0. The van der Waals surface area contributed by atoms with Gasteiger partial charge in [-0.2, -0.15) is 0 Å². The molecular weight excluding hydrogens is 208 g/mol. The number of hydrogen-bond donors (Lipinski definition) is 1. The molecule has 0 fully saturated rings. The molecule has 0 aromatic carbocycles. The lowest BCUT2D eigenvalue weighted by molar-refractivity contribution is -0.142. The van der Waals surface area contributed by atoms with Gasteiger partial charge in [-0.3, -0.25) is 14.5 Å². The highest BCUT2D eigenvalue weighted by Gasteiger charge is 2.24. The number of carboxylic acid groups (broad SMARTS) is 1. The molecule has 1 amide bonds. The largest absolute Gasteiger partial charge is 0.480 e. The van der Waals surface area contributed by atoms with E-state index in [9.17, 15) is 9.59 Å². The van der Waals surface area contributed by atoms with Crippen LogP contribution in [0.25, 0.3) is 0 Å². The minimum Gasteiger partial charge on any atom is -0.480 e. The number of carbonyl (C=O) groups is 2. The van der Waals surface area contributed by atoms with Crippen LogP contribution in [0.1, 0.15) is 27.7 Å². The van der Waals surface area contributed by atoms with E-state index >= 15 is 0 Å². The van der Waals surface area contributed by atoms with Crippen molar-refractivity contribution >= 4 is 11.9 Å². The maximum absolute atomic E-state index is 12.0. The Hall–Kier alpha value is -1.10. The van der Waals surface area contributed by atoms with E-state index in [0.29, 0.717) is 19.6 Å². The van der Waals surface area contributed by atoms with Gasteiger partial charge >= 0.3 is 5.97 Å². The molecule has 5 heteroatoms. The summed E-state index contributed by atoms with van der Waals surface area (Å²) in [5.74, 6) is -0.908. The van der Waals surface area contributed by atoms with Gasteiger partial charge in [0.2, 0.25) is 5.91 Å². The van der Waals surface area contributed by atoms with E-state index in [1.807, 2.05) is 20.8 Å². The Balaban J connectivity index is 4.54. The molecule has 5 nitrogen and oxygen atoms in total. The van der Waals surface area contributed by atoms with Crippen LogP contribution in [0, 0.1) is 0 Å². The maximum atomic E-state index is 12.0. The molecule has 0 aromatic heterocycles. The van der Waals surface area contributed by atoms with Crippen LogP contribution < -0.4 is 0 Å². The second-order valence-corrected chi connectivity index (χ2v) is 3.64. The van der Waals surface area contributed by atoms with E-state index in [0.717, 1.165) is 0 Å². The summed E-state index contributed by atoms with van der Waals surface area (Å²) in [6.45, 7) is 9.23. The van der Waals surface area contributed by atoms with E-state index in [1.54, 1.807) is 16.7 Å². The number of carbonyl (C=O) groups excluding carboxylic acids is 1. The average Bonchev–Trinajstić information content (AvgIpc) is 2.26. The zero-order valence-electron chi connectivity index (χ0n) is 10.6. The van der Waals surface area contributed by atoms with Crippen molar-refractivity contribution in [3.8, 4) is 0 Å². The molecule has 0 aliphatic heterocycles. The Morgan fingerprint density at radius 1 is 1.12 bits per heavy atom. The first kappa shape index (κ1) is 14.9. The lowest BCUT2D eigenvalue weighted by Crippen LogP contribution is -2.48. The molecule has 0 aromatic rings. The number of amides is 1. The Morgan fingerprint density at radius 3 is 1.94 bits per heavy atom. The van der Waals surface area contributed by atoms with Crippen molar-refractivity contribution in [1.29, 1.82) is 0 Å². The van der Waals surface area contributed by atoms with Crippen molar-refractivity contribution in [1.82, 2.24) is 9.80 Å². The van der Waals surface area contributed by atoms with Crippen LogP contribution in [-0.4, -0.2) is 59.0 Å². The van der Waals surface area contributed by atoms with Gasteiger partial charge in [-0.15, -0.1) is 0 Å². The topological polar surface area (TPSA) is 60.9 Å². The van der Waals surface area contributed by atoms with Crippen molar-refractivity contribution in [2.75, 3.05) is 26.2 Å². The molecule has 94 valence electrons. The van der Waals surface area contributed by atoms with E-state index < -0.39 is 5.97 Å². The average molecular weight is 230 g/mol. The minimum atomic E-state index is -0.902. The van der Waals surface area contributed by atoms with Crippen molar-refractivity contribution in [2.45, 2.75) is 33.7 Å². The quantitative estimate of drug-likeness (QED) is 0.697. The molecule has 0 aliphatic carbocycles. The van der Waals surface area contributed by atoms with Crippen LogP contribution in [0.2, 0.25) is 0 Å². The first-order valence-electron chi connectivity index (χ1n) is 5.72. The van der Waals surface area contributed by atoms with Gasteiger partial charge in [-0.25, -0.2) is 0 Å². The molecular formula is C11H22N2O3. The third-order valence-corrected chi connectivity index (χ3v) is 2.72. The monoisotopic (exact) mass is 230 g/mol. The lowest BCUT2D eigenvalue weighted by Gasteiger charge is -2.29. The van der Waals surface area contributed by atoms with Crippen molar-refractivity contribution in [3.05, 3.63) is 0 Å². The molecule has 1 atom stereocenters. The molecule has 1 unspecified atom stereocenters. The number of aliphatic carboxylic acids is 1. The van der Waals surface area contributed by atoms with Gasteiger partial charge in [0.15, 0.2) is 0 Å². The highest BCUT2D eigenvalue weighted by Crippen LogP contribution is 2.03. The van der Waals surface area contributed by atoms with Crippen LogP contribution in [-0.2, 0) is 9.59 Å². The highest BCUT2D eigenvalue weighted by molar-refractivity contribution is 5.82. The van der Waals surface area contributed by atoms with Gasteiger partial charge in [0, 0.05) is 13.1 Å². The van der Waals surface area contributed by atoms with E-state index in [-0.39, 0.29) is 18.5 Å². The maximum Gasteiger partial charge on any atom is 0.317 e. The number of rotatable bonds is 7. The third kappa shape index (κ3) is 4.18. The Kier molecular flexibility index (Phi) is 6.72. The van der Waals surface area contributed by atoms with Gasteiger partial charge < -0.3 is 10.0 Å². The van der Waals surface area contributed by atoms with Gasteiger partial charge in [0.05, 0.1) is 12.6 Å². The van der Waals surface area contributed by atoms with Crippen molar-refractivity contribution < 1.29 is 14.7 Å². The number of likely N-dealkylation sites (N-methyl/N-ethyl adjacent to an activating group) is 2. The molecule has 0 rings (SSSR count). The highest BCUT2D eigenvalue weighted by atomic mass is 16.4. The molecule has 1 N–H and O–H groups in total. The van der Waals surface area contributed by atoms with Crippen LogP contribution in [0.4, 0.5) is 0 Å². The zero-order valence-corrected chi connectivity index (χ0v) is 10.6. The second kappa shape index (κ2) is 7.22. The molecule has 0 bridgehead atoms. The number of carboxylic acids is 1. The van der Waals surface area contributed by atoms with Crippen LogP contribution in [0.15, 0.2) is 0 Å². The first-order valence-corrected chi connectivity index (χ1v) is 5.72. The zero-order chi connectivity index (χ0) is 12.7. The minimum absolute atomic E-state index is 0.00639. The van der Waals surface area contributed by atoms with E-state index in [2.05, 4.69) is 0 Å². The first-order chi connectivity index (χ1) is 7.47. The Labute approximate surface area is 97.0 Å². The van der Waals surface area contributed by atoms with E-state index in [4.69, 9.17) is 5.11 Å². The normalized spacial score (nSPS) is 12.6. The molecule has 16 heavy (non-hydrogen) atoms. The smallest absolute Gasteiger partial charge is 0.317 e. The van der Waals surface area contributed by atoms with Crippen LogP contribution in [0.5, 0.6) is 0 Å². The second-order valence-electron chi connectivity index (χ2n) is 3.64.